The van der Waals surface area contributed by atoms with Crippen molar-refractivity contribution in [2.75, 3.05) is 0 Å². The van der Waals surface area contributed by atoms with Crippen LogP contribution in [-0.4, -0.2) is 21.9 Å². The van der Waals surface area contributed by atoms with E-state index in [0.717, 1.165) is 25.7 Å². The molecule has 0 fully saturated rings. The second-order valence-electron chi connectivity index (χ2n) is 7.54. The molecule has 0 saturated carbocycles. The van der Waals surface area contributed by atoms with E-state index in [-0.39, 0.29) is 0 Å². The van der Waals surface area contributed by atoms with Crippen molar-refractivity contribution in [1.82, 2.24) is 0 Å². The fourth-order valence-corrected chi connectivity index (χ4v) is 2.99. The predicted octanol–water partition coefficient (Wildman–Crippen LogP) is 4.78. The van der Waals surface area contributed by atoms with Gasteiger partial charge in [-0.15, -0.1) is 0 Å². The van der Waals surface area contributed by atoms with Gasteiger partial charge in [-0.05, 0) is 58.3 Å². The number of aliphatic hydroxyl groups excluding tert-OH is 1. The molecular formula is C20H34O2. The van der Waals surface area contributed by atoms with Gasteiger partial charge in [-0.1, -0.05) is 49.3 Å². The topological polar surface area (TPSA) is 40.5 Å². The summed E-state index contributed by atoms with van der Waals surface area (Å²) in [5.74, 6) is 1.02. The Labute approximate surface area is 136 Å². The molecule has 2 nitrogen and oxygen atoms in total. The van der Waals surface area contributed by atoms with Gasteiger partial charge < -0.3 is 10.2 Å². The highest BCUT2D eigenvalue weighted by atomic mass is 16.3. The summed E-state index contributed by atoms with van der Waals surface area (Å²) < 4.78 is 0. The quantitative estimate of drug-likeness (QED) is 0.684. The molecule has 1 rings (SSSR count). The minimum atomic E-state index is -0.960. The summed E-state index contributed by atoms with van der Waals surface area (Å²) in [4.78, 5) is 0. The smallest absolute Gasteiger partial charge is 0.0827 e. The van der Waals surface area contributed by atoms with Crippen molar-refractivity contribution in [2.45, 2.75) is 78.4 Å². The summed E-state index contributed by atoms with van der Waals surface area (Å²) >= 11 is 0. The standard InChI is InChI=1S/C20H34O2/c1-15(2)18-10-9-16(3)7-6-8-17(4)13-19(21)14-20(5,22)12-11-18/h7,11-13,15,18-19,21-22H,6,8-10,14H2,1-5H3/b12-11+,16-7?,17-13-/t18-,19+,20+/m1/s1. The van der Waals surface area contributed by atoms with Crippen molar-refractivity contribution in [1.29, 1.82) is 0 Å². The van der Waals surface area contributed by atoms with Gasteiger partial charge in [0.05, 0.1) is 11.7 Å². The summed E-state index contributed by atoms with van der Waals surface area (Å²) in [6.45, 7) is 10.5. The second-order valence-corrected chi connectivity index (χ2v) is 7.54. The normalized spacial score (nSPS) is 36.2. The first-order chi connectivity index (χ1) is 10.2. The van der Waals surface area contributed by atoms with Crippen LogP contribution in [0.3, 0.4) is 0 Å². The monoisotopic (exact) mass is 306 g/mol. The summed E-state index contributed by atoms with van der Waals surface area (Å²) in [7, 11) is 0. The lowest BCUT2D eigenvalue weighted by Gasteiger charge is -2.24. The first-order valence-corrected chi connectivity index (χ1v) is 8.62. The molecule has 22 heavy (non-hydrogen) atoms. The second kappa shape index (κ2) is 8.69. The Morgan fingerprint density at radius 3 is 2.50 bits per heavy atom. The Morgan fingerprint density at radius 1 is 1.18 bits per heavy atom. The lowest BCUT2D eigenvalue weighted by Crippen LogP contribution is -2.27. The highest BCUT2D eigenvalue weighted by Gasteiger charge is 2.21. The molecule has 0 aromatic rings. The third-order valence-corrected chi connectivity index (χ3v) is 4.56. The highest BCUT2D eigenvalue weighted by molar-refractivity contribution is 5.10. The SMILES string of the molecule is CC1=CCC/C(C)=C\[C@H](O)C[C@@](C)(O)/C=C/[C@H](C(C)C)CC1. The molecule has 0 bridgehead atoms. The number of hydrogen-bond acceptors (Lipinski definition) is 2. The van der Waals surface area contributed by atoms with E-state index in [2.05, 4.69) is 39.8 Å². The zero-order valence-electron chi connectivity index (χ0n) is 15.0. The molecule has 3 atom stereocenters. The maximum absolute atomic E-state index is 10.5. The molecule has 1 aliphatic carbocycles. The molecule has 2 heteroatoms. The van der Waals surface area contributed by atoms with Gasteiger partial charge >= 0.3 is 0 Å². The van der Waals surface area contributed by atoms with E-state index in [4.69, 9.17) is 0 Å². The minimum Gasteiger partial charge on any atom is -0.389 e. The molecule has 0 amide bonds. The first-order valence-electron chi connectivity index (χ1n) is 8.62. The average molecular weight is 306 g/mol. The predicted molar refractivity (Wildman–Crippen MR) is 94.7 cm³/mol. The van der Waals surface area contributed by atoms with Crippen LogP contribution in [0.1, 0.15) is 66.7 Å². The van der Waals surface area contributed by atoms with Gasteiger partial charge in [-0.25, -0.2) is 0 Å². The molecule has 126 valence electrons. The van der Waals surface area contributed by atoms with Gasteiger partial charge in [0.2, 0.25) is 0 Å². The fraction of sp³-hybridized carbons (Fsp3) is 0.700. The molecule has 0 spiro atoms. The minimum absolute atomic E-state index is 0.348. The van der Waals surface area contributed by atoms with E-state index >= 15 is 0 Å². The molecule has 1 aliphatic rings. The van der Waals surface area contributed by atoms with Crippen LogP contribution in [0, 0.1) is 11.8 Å². The Kier molecular flexibility index (Phi) is 7.58. The molecule has 0 aromatic heterocycles. The first kappa shape index (κ1) is 19.2. The number of allylic oxidation sites excluding steroid dienone is 4. The molecule has 2 N–H and O–H groups in total. The Balaban J connectivity index is 2.97. The number of hydrogen-bond donors (Lipinski definition) is 2. The zero-order chi connectivity index (χ0) is 16.8. The van der Waals surface area contributed by atoms with Gasteiger partial charge in [0.15, 0.2) is 0 Å². The zero-order valence-corrected chi connectivity index (χ0v) is 15.0. The van der Waals surface area contributed by atoms with Crippen LogP contribution in [0.15, 0.2) is 35.5 Å². The van der Waals surface area contributed by atoms with E-state index < -0.39 is 11.7 Å². The highest BCUT2D eigenvalue weighted by Crippen LogP contribution is 2.25. The molecule has 0 saturated heterocycles. The lowest BCUT2D eigenvalue weighted by molar-refractivity contribution is 0.0565. The Hall–Kier alpha value is -0.860. The van der Waals surface area contributed by atoms with Gasteiger partial charge in [0.1, 0.15) is 0 Å². The van der Waals surface area contributed by atoms with Crippen molar-refractivity contribution in [3.8, 4) is 0 Å². The van der Waals surface area contributed by atoms with Crippen LogP contribution in [0.4, 0.5) is 0 Å². The maximum atomic E-state index is 10.5. The van der Waals surface area contributed by atoms with Crippen LogP contribution in [0.25, 0.3) is 0 Å². The molecule has 0 heterocycles. The number of rotatable bonds is 1. The number of aliphatic hydroxyl groups is 2. The molecule has 0 unspecified atom stereocenters. The van der Waals surface area contributed by atoms with Crippen molar-refractivity contribution in [2.24, 2.45) is 11.8 Å². The van der Waals surface area contributed by atoms with Gasteiger partial charge in [-0.3, -0.25) is 0 Å². The van der Waals surface area contributed by atoms with Gasteiger partial charge in [0, 0.05) is 6.42 Å². The molecule has 0 aliphatic heterocycles. The summed E-state index contributed by atoms with van der Waals surface area (Å²) in [5, 5.41) is 20.7. The van der Waals surface area contributed by atoms with Crippen molar-refractivity contribution >= 4 is 0 Å². The van der Waals surface area contributed by atoms with Crippen LogP contribution < -0.4 is 0 Å². The van der Waals surface area contributed by atoms with Gasteiger partial charge in [0.25, 0.3) is 0 Å². The van der Waals surface area contributed by atoms with Crippen LogP contribution in [0.5, 0.6) is 0 Å². The largest absolute Gasteiger partial charge is 0.389 e. The Bertz CT molecular complexity index is 427. The van der Waals surface area contributed by atoms with E-state index in [1.165, 1.54) is 11.1 Å². The van der Waals surface area contributed by atoms with Crippen molar-refractivity contribution < 1.29 is 10.2 Å². The average Bonchev–Trinajstić information content (AvgIpc) is 2.36. The van der Waals surface area contributed by atoms with E-state index in [0.29, 0.717) is 18.3 Å². The summed E-state index contributed by atoms with van der Waals surface area (Å²) in [5.41, 5.74) is 1.67. The molecule has 0 aromatic carbocycles. The third-order valence-electron chi connectivity index (χ3n) is 4.56. The lowest BCUT2D eigenvalue weighted by atomic mass is 9.86. The fourth-order valence-electron chi connectivity index (χ4n) is 2.99. The van der Waals surface area contributed by atoms with E-state index in [1.807, 2.05) is 12.2 Å². The third kappa shape index (κ3) is 7.42. The summed E-state index contributed by atoms with van der Waals surface area (Å²) in [6.07, 6.45) is 12.2. The Morgan fingerprint density at radius 2 is 1.86 bits per heavy atom. The van der Waals surface area contributed by atoms with Crippen LogP contribution in [0.2, 0.25) is 0 Å². The summed E-state index contributed by atoms with van der Waals surface area (Å²) in [6, 6.07) is 0. The van der Waals surface area contributed by atoms with Crippen LogP contribution >= 0.6 is 0 Å². The molecule has 0 radical (unpaired) electrons. The van der Waals surface area contributed by atoms with E-state index in [9.17, 15) is 10.2 Å². The van der Waals surface area contributed by atoms with Crippen molar-refractivity contribution in [3.05, 3.63) is 35.5 Å². The van der Waals surface area contributed by atoms with Crippen molar-refractivity contribution in [3.63, 3.8) is 0 Å². The van der Waals surface area contributed by atoms with Gasteiger partial charge in [-0.2, -0.15) is 0 Å². The van der Waals surface area contributed by atoms with Crippen LogP contribution in [-0.2, 0) is 0 Å². The maximum Gasteiger partial charge on any atom is 0.0827 e. The van der Waals surface area contributed by atoms with E-state index in [1.54, 1.807) is 6.92 Å². The molecular weight excluding hydrogens is 272 g/mol.